The standard InChI is InChI=1S/C51H79O14P/c1-3-5-6-7-8-9-10-11-12-13-14-15-16-21-24-27-30-33-36-39-45(54)64-43(41-63-66(60,61)65-51-49(58)47(56)46(55)48(57)50(51)59)40-62-44(53)38-35-32-29-26-23-20-18-17-19-22-25-28-31-34-37-42(52)4-2/h5-6,8-9,11-12,14-15,18-22,24,26,28-31,33,42-43,46-52,55-59H,3-4,7,10,13,16-17,23,25,27,32,34-41H2,1-2H3,(H,60,61)/b6-5-,9-8-,12-11-,15-14-,20-18-,22-19-,24-21-,29-26-,31-28-,33-30-/t42-,43+,46?,47-,48+,49+,50+,51?/m0/s1. The number of carbonyl (C=O) groups is 2. The molecule has 1 rings (SSSR count). The van der Waals surface area contributed by atoms with Gasteiger partial charge in [0.15, 0.2) is 6.10 Å². The molecule has 1 aliphatic rings. The highest BCUT2D eigenvalue weighted by atomic mass is 31.2. The summed E-state index contributed by atoms with van der Waals surface area (Å²) in [4.78, 5) is 35.7. The van der Waals surface area contributed by atoms with Crippen LogP contribution in [0.25, 0.3) is 0 Å². The fraction of sp³-hybridized carbons (Fsp3) is 0.569. The Hall–Kier alpha value is -3.79. The second kappa shape index (κ2) is 39.2. The molecule has 66 heavy (non-hydrogen) atoms. The van der Waals surface area contributed by atoms with Crippen LogP contribution in [0.2, 0.25) is 0 Å². The highest BCUT2D eigenvalue weighted by molar-refractivity contribution is 7.47. The Morgan fingerprint density at radius 3 is 1.39 bits per heavy atom. The van der Waals surface area contributed by atoms with E-state index in [1.54, 1.807) is 0 Å². The zero-order valence-corrected chi connectivity index (χ0v) is 39.9. The smallest absolute Gasteiger partial charge is 0.462 e. The van der Waals surface area contributed by atoms with Crippen molar-refractivity contribution in [2.75, 3.05) is 13.2 Å². The van der Waals surface area contributed by atoms with Crippen LogP contribution in [-0.2, 0) is 32.7 Å². The number of carbonyl (C=O) groups excluding carboxylic acids is 2. The number of rotatable bonds is 36. The maximum Gasteiger partial charge on any atom is 0.472 e. The Morgan fingerprint density at radius 2 is 0.939 bits per heavy atom. The molecule has 1 fully saturated rings. The van der Waals surface area contributed by atoms with Gasteiger partial charge in [-0.1, -0.05) is 135 Å². The zero-order chi connectivity index (χ0) is 48.7. The van der Waals surface area contributed by atoms with E-state index in [4.69, 9.17) is 18.5 Å². The van der Waals surface area contributed by atoms with Gasteiger partial charge in [0, 0.05) is 12.8 Å². The van der Waals surface area contributed by atoms with E-state index in [9.17, 15) is 49.7 Å². The molecule has 14 nitrogen and oxygen atoms in total. The van der Waals surface area contributed by atoms with E-state index in [1.807, 2.05) is 43.4 Å². The molecule has 3 unspecified atom stereocenters. The van der Waals surface area contributed by atoms with Crippen molar-refractivity contribution in [1.29, 1.82) is 0 Å². The Morgan fingerprint density at radius 1 is 0.530 bits per heavy atom. The van der Waals surface area contributed by atoms with Crippen molar-refractivity contribution in [3.8, 4) is 0 Å². The number of phosphoric acid groups is 1. The lowest BCUT2D eigenvalue weighted by Gasteiger charge is -2.41. The van der Waals surface area contributed by atoms with Gasteiger partial charge in [0.25, 0.3) is 0 Å². The minimum absolute atomic E-state index is 0.0539. The molecule has 0 saturated heterocycles. The van der Waals surface area contributed by atoms with E-state index in [0.29, 0.717) is 25.7 Å². The third-order valence-electron chi connectivity index (χ3n) is 9.96. The van der Waals surface area contributed by atoms with Crippen molar-refractivity contribution in [2.24, 2.45) is 0 Å². The highest BCUT2D eigenvalue weighted by Gasteiger charge is 2.51. The summed E-state index contributed by atoms with van der Waals surface area (Å²) in [6, 6.07) is 0. The summed E-state index contributed by atoms with van der Waals surface area (Å²) in [6.07, 6.45) is 39.2. The topological polar surface area (TPSA) is 230 Å². The van der Waals surface area contributed by atoms with Crippen molar-refractivity contribution in [1.82, 2.24) is 0 Å². The van der Waals surface area contributed by atoms with Gasteiger partial charge < -0.3 is 45.0 Å². The lowest BCUT2D eigenvalue weighted by molar-refractivity contribution is -0.220. The van der Waals surface area contributed by atoms with Gasteiger partial charge in [-0.05, 0) is 96.3 Å². The third-order valence-corrected chi connectivity index (χ3v) is 10.9. The quantitative estimate of drug-likeness (QED) is 0.0136. The van der Waals surface area contributed by atoms with E-state index in [0.717, 1.165) is 70.6 Å². The van der Waals surface area contributed by atoms with E-state index >= 15 is 0 Å². The molecule has 7 N–H and O–H groups in total. The summed E-state index contributed by atoms with van der Waals surface area (Å²) in [5.74, 6) is -1.30. The minimum atomic E-state index is -5.17. The molecular weight excluding hydrogens is 868 g/mol. The van der Waals surface area contributed by atoms with Crippen LogP contribution >= 0.6 is 7.82 Å². The van der Waals surface area contributed by atoms with Crippen LogP contribution < -0.4 is 0 Å². The maximum atomic E-state index is 12.8. The first-order chi connectivity index (χ1) is 31.8. The molecule has 0 aromatic carbocycles. The normalized spacial score (nSPS) is 22.9. The highest BCUT2D eigenvalue weighted by Crippen LogP contribution is 2.47. The number of hydrogen-bond donors (Lipinski definition) is 7. The number of allylic oxidation sites excluding steroid dienone is 20. The van der Waals surface area contributed by atoms with Crippen molar-refractivity contribution in [2.45, 2.75) is 172 Å². The molecule has 0 aromatic heterocycles. The average molecular weight is 947 g/mol. The van der Waals surface area contributed by atoms with Gasteiger partial charge in [-0.15, -0.1) is 0 Å². The van der Waals surface area contributed by atoms with E-state index in [1.165, 1.54) is 0 Å². The minimum Gasteiger partial charge on any atom is -0.462 e. The average Bonchev–Trinajstić information content (AvgIpc) is 3.30. The lowest BCUT2D eigenvalue weighted by Crippen LogP contribution is -2.64. The molecule has 9 atom stereocenters. The first-order valence-corrected chi connectivity index (χ1v) is 24.9. The third kappa shape index (κ3) is 31.2. The van der Waals surface area contributed by atoms with Crippen LogP contribution in [0.4, 0.5) is 0 Å². The first-order valence-electron chi connectivity index (χ1n) is 23.4. The molecule has 1 aliphatic carbocycles. The van der Waals surface area contributed by atoms with E-state index in [-0.39, 0.29) is 18.9 Å². The number of hydrogen-bond acceptors (Lipinski definition) is 13. The second-order valence-electron chi connectivity index (χ2n) is 15.7. The largest absolute Gasteiger partial charge is 0.472 e. The van der Waals surface area contributed by atoms with Gasteiger partial charge in [-0.3, -0.25) is 18.6 Å². The Balaban J connectivity index is 2.57. The summed E-state index contributed by atoms with van der Waals surface area (Å²) in [6.45, 7) is 2.78. The molecular formula is C51H79O14P. The Kier molecular flexibility index (Phi) is 35.8. The van der Waals surface area contributed by atoms with Crippen LogP contribution in [0.5, 0.6) is 0 Å². The van der Waals surface area contributed by atoms with Crippen LogP contribution in [-0.4, -0.2) is 110 Å². The lowest BCUT2D eigenvalue weighted by atomic mass is 9.85. The number of aliphatic hydroxyl groups excluding tert-OH is 6. The van der Waals surface area contributed by atoms with Crippen molar-refractivity contribution < 1.29 is 68.2 Å². The zero-order valence-electron chi connectivity index (χ0n) is 39.0. The van der Waals surface area contributed by atoms with Gasteiger partial charge >= 0.3 is 19.8 Å². The molecule has 0 spiro atoms. The summed E-state index contributed by atoms with van der Waals surface area (Å²) < 4.78 is 33.4. The summed E-state index contributed by atoms with van der Waals surface area (Å²) >= 11 is 0. The Bertz CT molecular complexity index is 1630. The molecule has 0 aromatic rings. The van der Waals surface area contributed by atoms with Gasteiger partial charge in [0.1, 0.15) is 43.2 Å². The monoisotopic (exact) mass is 947 g/mol. The predicted octanol–water partition coefficient (Wildman–Crippen LogP) is 8.36. The maximum absolute atomic E-state index is 12.8. The molecule has 1 saturated carbocycles. The van der Waals surface area contributed by atoms with Crippen LogP contribution in [0.3, 0.4) is 0 Å². The number of phosphoric ester groups is 1. The molecule has 0 heterocycles. The van der Waals surface area contributed by atoms with Gasteiger partial charge in [0.2, 0.25) is 0 Å². The van der Waals surface area contributed by atoms with Crippen LogP contribution in [0, 0.1) is 0 Å². The van der Waals surface area contributed by atoms with Crippen molar-refractivity contribution in [3.63, 3.8) is 0 Å². The van der Waals surface area contributed by atoms with E-state index < -0.39 is 75.7 Å². The molecule has 0 amide bonds. The van der Waals surface area contributed by atoms with Crippen molar-refractivity contribution >= 4 is 19.8 Å². The van der Waals surface area contributed by atoms with Gasteiger partial charge in [-0.25, -0.2) is 4.57 Å². The van der Waals surface area contributed by atoms with Crippen LogP contribution in [0.1, 0.15) is 123 Å². The first kappa shape index (κ1) is 60.2. The molecule has 0 radical (unpaired) electrons. The van der Waals surface area contributed by atoms with Gasteiger partial charge in [-0.2, -0.15) is 0 Å². The second-order valence-corrected chi connectivity index (χ2v) is 17.1. The number of aliphatic hydroxyl groups is 6. The van der Waals surface area contributed by atoms with E-state index in [2.05, 4.69) is 92.0 Å². The predicted molar refractivity (Wildman–Crippen MR) is 259 cm³/mol. The fourth-order valence-electron chi connectivity index (χ4n) is 6.05. The Labute approximate surface area is 393 Å². The van der Waals surface area contributed by atoms with Gasteiger partial charge in [0.05, 0.1) is 12.7 Å². The molecule has 0 bridgehead atoms. The number of esters is 2. The summed E-state index contributed by atoms with van der Waals surface area (Å²) in [5, 5.41) is 59.7. The molecule has 0 aliphatic heterocycles. The molecule has 15 heteroatoms. The SMILES string of the molecule is CC/C=C\C/C=C\C/C=C\C/C=C\C/C=C\C/C=C\CCC(=O)O[C@H](COC(=O)CCC/C=C\C/C=C\C/C=C\C/C=C\CC[C@@H](O)CC)COP(=O)(O)OC1[C@H](O)[C@H](O)C(O)[C@H](O)[C@H]1O. The molecule has 372 valence electrons. The van der Waals surface area contributed by atoms with Crippen molar-refractivity contribution in [3.05, 3.63) is 122 Å². The summed E-state index contributed by atoms with van der Waals surface area (Å²) in [5.41, 5.74) is 0. The fourth-order valence-corrected chi connectivity index (χ4v) is 7.02. The van der Waals surface area contributed by atoms with Crippen LogP contribution in [0.15, 0.2) is 122 Å². The number of ether oxygens (including phenoxy) is 2. The number of unbranched alkanes of at least 4 members (excludes halogenated alkanes) is 1. The summed E-state index contributed by atoms with van der Waals surface area (Å²) in [7, 11) is -5.17.